The summed E-state index contributed by atoms with van der Waals surface area (Å²) in [6.07, 6.45) is 0.0972. The monoisotopic (exact) mass is 296 g/mol. The predicted octanol–water partition coefficient (Wildman–Crippen LogP) is 2.13. The normalized spacial score (nSPS) is 17.8. The zero-order chi connectivity index (χ0) is 15.5. The number of carbonyl (C=O) groups excluding carboxylic acids is 2. The summed E-state index contributed by atoms with van der Waals surface area (Å²) in [7, 11) is 0. The van der Waals surface area contributed by atoms with E-state index in [0.717, 1.165) is 5.56 Å². The average molecular weight is 296 g/mol. The molecule has 1 fully saturated rings. The van der Waals surface area contributed by atoms with E-state index in [1.165, 1.54) is 11.0 Å². The van der Waals surface area contributed by atoms with Crippen molar-refractivity contribution >= 4 is 17.5 Å². The van der Waals surface area contributed by atoms with Gasteiger partial charge in [0.2, 0.25) is 5.91 Å². The van der Waals surface area contributed by atoms with Crippen LogP contribution < -0.4 is 5.32 Å². The largest absolute Gasteiger partial charge is 0.506 e. The van der Waals surface area contributed by atoms with Crippen LogP contribution in [0.3, 0.4) is 0 Å². The van der Waals surface area contributed by atoms with Crippen molar-refractivity contribution in [2.45, 2.75) is 19.0 Å². The number of imide groups is 1. The highest BCUT2D eigenvalue weighted by atomic mass is 16.3. The molecule has 5 heteroatoms. The first kappa shape index (κ1) is 14.1. The highest BCUT2D eigenvalue weighted by Gasteiger charge is 2.38. The summed E-state index contributed by atoms with van der Waals surface area (Å²) in [6, 6.07) is 15.4. The van der Waals surface area contributed by atoms with Gasteiger partial charge in [-0.3, -0.25) is 14.5 Å². The minimum atomic E-state index is -0.635. The van der Waals surface area contributed by atoms with Gasteiger partial charge in [-0.05, 0) is 17.7 Å². The summed E-state index contributed by atoms with van der Waals surface area (Å²) in [4.78, 5) is 25.7. The second-order valence-corrected chi connectivity index (χ2v) is 5.22. The van der Waals surface area contributed by atoms with E-state index in [4.69, 9.17) is 0 Å². The first-order valence-electron chi connectivity index (χ1n) is 7.08. The molecule has 2 aromatic rings. The Bertz CT molecular complexity index is 700. The number of phenolic OH excluding ortho intramolecular Hbond substituents is 1. The van der Waals surface area contributed by atoms with Gasteiger partial charge < -0.3 is 10.4 Å². The van der Waals surface area contributed by atoms with E-state index < -0.39 is 6.04 Å². The smallest absolute Gasteiger partial charge is 0.252 e. The molecular formula is C17H16N2O3. The lowest BCUT2D eigenvalue weighted by atomic mass is 10.2. The molecule has 0 radical (unpaired) electrons. The molecule has 0 aliphatic carbocycles. The van der Waals surface area contributed by atoms with Gasteiger partial charge in [-0.2, -0.15) is 0 Å². The van der Waals surface area contributed by atoms with Crippen LogP contribution in [0.5, 0.6) is 5.75 Å². The maximum atomic E-state index is 12.4. The van der Waals surface area contributed by atoms with Crippen LogP contribution in [-0.2, 0) is 16.1 Å². The van der Waals surface area contributed by atoms with Crippen molar-refractivity contribution in [1.82, 2.24) is 4.90 Å². The molecule has 112 valence electrons. The Morgan fingerprint density at radius 2 is 1.73 bits per heavy atom. The number of hydrogen-bond donors (Lipinski definition) is 2. The van der Waals surface area contributed by atoms with Gasteiger partial charge in [0.15, 0.2) is 0 Å². The number of aromatic hydroxyl groups is 1. The number of hydrogen-bond acceptors (Lipinski definition) is 4. The van der Waals surface area contributed by atoms with Gasteiger partial charge in [-0.25, -0.2) is 0 Å². The standard InChI is InChI=1S/C17H16N2O3/c20-15-9-5-4-8-13(15)18-14-10-16(21)19(17(14)22)11-12-6-2-1-3-7-12/h1-9,14,18,20H,10-11H2/t14-/m0/s1. The van der Waals surface area contributed by atoms with Crippen LogP contribution >= 0.6 is 0 Å². The SMILES string of the molecule is O=C1C[C@H](Nc2ccccc2O)C(=O)N1Cc1ccccc1. The van der Waals surface area contributed by atoms with Gasteiger partial charge in [0.1, 0.15) is 11.8 Å². The summed E-state index contributed by atoms with van der Waals surface area (Å²) in [5.41, 5.74) is 1.36. The van der Waals surface area contributed by atoms with E-state index >= 15 is 0 Å². The molecule has 1 aliphatic rings. The second-order valence-electron chi connectivity index (χ2n) is 5.22. The van der Waals surface area contributed by atoms with E-state index in [1.54, 1.807) is 18.2 Å². The minimum absolute atomic E-state index is 0.0595. The first-order chi connectivity index (χ1) is 10.6. The second kappa shape index (κ2) is 5.89. The summed E-state index contributed by atoms with van der Waals surface area (Å²) in [6.45, 7) is 0.275. The van der Waals surface area contributed by atoms with Crippen molar-refractivity contribution in [3.8, 4) is 5.75 Å². The summed E-state index contributed by atoms with van der Waals surface area (Å²) in [5.74, 6) is -0.414. The van der Waals surface area contributed by atoms with Gasteiger partial charge in [0.25, 0.3) is 5.91 Å². The van der Waals surface area contributed by atoms with Crippen molar-refractivity contribution in [1.29, 1.82) is 0 Å². The molecule has 1 aliphatic heterocycles. The molecule has 1 saturated heterocycles. The fourth-order valence-electron chi connectivity index (χ4n) is 2.51. The lowest BCUT2D eigenvalue weighted by molar-refractivity contribution is -0.139. The number of nitrogens with zero attached hydrogens (tertiary/aromatic N) is 1. The maximum Gasteiger partial charge on any atom is 0.252 e. The third-order valence-corrected chi connectivity index (χ3v) is 3.66. The molecule has 2 N–H and O–H groups in total. The highest BCUT2D eigenvalue weighted by Crippen LogP contribution is 2.26. The number of anilines is 1. The van der Waals surface area contributed by atoms with Gasteiger partial charge in [-0.15, -0.1) is 0 Å². The molecule has 5 nitrogen and oxygen atoms in total. The lowest BCUT2D eigenvalue weighted by Crippen LogP contribution is -2.34. The average Bonchev–Trinajstić information content (AvgIpc) is 2.78. The van der Waals surface area contributed by atoms with Gasteiger partial charge >= 0.3 is 0 Å². The van der Waals surface area contributed by atoms with Crippen molar-refractivity contribution in [3.63, 3.8) is 0 Å². The van der Waals surface area contributed by atoms with E-state index in [2.05, 4.69) is 5.32 Å². The summed E-state index contributed by atoms with van der Waals surface area (Å²) < 4.78 is 0. The number of carbonyl (C=O) groups is 2. The number of rotatable bonds is 4. The van der Waals surface area contributed by atoms with E-state index in [-0.39, 0.29) is 30.5 Å². The number of benzene rings is 2. The molecule has 1 atom stereocenters. The lowest BCUT2D eigenvalue weighted by Gasteiger charge is -2.16. The Kier molecular flexibility index (Phi) is 3.78. The van der Waals surface area contributed by atoms with E-state index in [0.29, 0.717) is 5.69 Å². The predicted molar refractivity (Wildman–Crippen MR) is 82.1 cm³/mol. The highest BCUT2D eigenvalue weighted by molar-refractivity contribution is 6.06. The van der Waals surface area contributed by atoms with Crippen molar-refractivity contribution in [2.75, 3.05) is 5.32 Å². The van der Waals surface area contributed by atoms with Crippen LogP contribution in [0.1, 0.15) is 12.0 Å². The van der Waals surface area contributed by atoms with Gasteiger partial charge in [0.05, 0.1) is 18.7 Å². The maximum absolute atomic E-state index is 12.4. The van der Waals surface area contributed by atoms with Gasteiger partial charge in [0, 0.05) is 0 Å². The minimum Gasteiger partial charge on any atom is -0.506 e. The molecule has 2 aromatic carbocycles. The fourth-order valence-corrected chi connectivity index (χ4v) is 2.51. The Morgan fingerprint density at radius 3 is 2.45 bits per heavy atom. The van der Waals surface area contributed by atoms with Crippen LogP contribution in [0.25, 0.3) is 0 Å². The first-order valence-corrected chi connectivity index (χ1v) is 7.08. The van der Waals surface area contributed by atoms with Crippen molar-refractivity contribution in [3.05, 3.63) is 60.2 Å². The van der Waals surface area contributed by atoms with Crippen molar-refractivity contribution in [2.24, 2.45) is 0 Å². The van der Waals surface area contributed by atoms with Crippen LogP contribution in [0.2, 0.25) is 0 Å². The van der Waals surface area contributed by atoms with Gasteiger partial charge in [-0.1, -0.05) is 42.5 Å². The van der Waals surface area contributed by atoms with Crippen LogP contribution in [0.15, 0.2) is 54.6 Å². The Hall–Kier alpha value is -2.82. The molecule has 0 aromatic heterocycles. The third-order valence-electron chi connectivity index (χ3n) is 3.66. The number of phenols is 1. The molecule has 0 spiro atoms. The Balaban J connectivity index is 1.73. The topological polar surface area (TPSA) is 69.6 Å². The molecular weight excluding hydrogens is 280 g/mol. The third kappa shape index (κ3) is 2.79. The molecule has 1 heterocycles. The number of nitrogens with one attached hydrogen (secondary N) is 1. The quantitative estimate of drug-likeness (QED) is 0.670. The molecule has 0 saturated carbocycles. The zero-order valence-corrected chi connectivity index (χ0v) is 11.9. The summed E-state index contributed by atoms with van der Waals surface area (Å²) >= 11 is 0. The molecule has 0 unspecified atom stereocenters. The molecule has 22 heavy (non-hydrogen) atoms. The zero-order valence-electron chi connectivity index (χ0n) is 11.9. The molecule has 3 rings (SSSR count). The number of para-hydroxylation sites is 2. The van der Waals surface area contributed by atoms with E-state index in [1.807, 2.05) is 30.3 Å². The van der Waals surface area contributed by atoms with Crippen LogP contribution in [0, 0.1) is 0 Å². The number of amides is 2. The van der Waals surface area contributed by atoms with Crippen molar-refractivity contribution < 1.29 is 14.7 Å². The summed E-state index contributed by atoms with van der Waals surface area (Å²) in [5, 5.41) is 12.7. The molecule has 2 amide bonds. The Labute approximate surface area is 128 Å². The Morgan fingerprint density at radius 1 is 1.05 bits per heavy atom. The van der Waals surface area contributed by atoms with E-state index in [9.17, 15) is 14.7 Å². The molecule has 0 bridgehead atoms. The fraction of sp³-hybridized carbons (Fsp3) is 0.176. The van der Waals surface area contributed by atoms with Crippen LogP contribution in [-0.4, -0.2) is 27.9 Å². The number of likely N-dealkylation sites (tertiary alicyclic amines) is 1. The van der Waals surface area contributed by atoms with Crippen LogP contribution in [0.4, 0.5) is 5.69 Å².